The number of H-pyrrole nitrogens is 1. The van der Waals surface area contributed by atoms with E-state index in [1.54, 1.807) is 12.1 Å². The van der Waals surface area contributed by atoms with Gasteiger partial charge in [-0.3, -0.25) is 14.8 Å². The van der Waals surface area contributed by atoms with Crippen molar-refractivity contribution in [3.8, 4) is 0 Å². The molecule has 1 N–H and O–H groups in total. The second-order valence-corrected chi connectivity index (χ2v) is 7.98. The lowest BCUT2D eigenvalue weighted by Gasteiger charge is -2.38. The number of nitrogens with one attached hydrogen (secondary N) is 1. The first-order chi connectivity index (χ1) is 12.3. The third kappa shape index (κ3) is 3.96. The van der Waals surface area contributed by atoms with Crippen LogP contribution in [0.2, 0.25) is 0 Å². The molecule has 0 spiro atoms. The van der Waals surface area contributed by atoms with Gasteiger partial charge in [-0.25, -0.2) is 4.39 Å². The first-order valence-electron chi connectivity index (χ1n) is 9.10. The van der Waals surface area contributed by atoms with E-state index in [2.05, 4.69) is 42.8 Å². The zero-order chi connectivity index (χ0) is 18.9. The van der Waals surface area contributed by atoms with E-state index in [0.29, 0.717) is 18.8 Å². The van der Waals surface area contributed by atoms with E-state index in [4.69, 9.17) is 0 Å². The summed E-state index contributed by atoms with van der Waals surface area (Å²) in [6.45, 7) is 11.2. The van der Waals surface area contributed by atoms with Crippen LogP contribution < -0.4 is 0 Å². The third-order valence-corrected chi connectivity index (χ3v) is 5.09. The summed E-state index contributed by atoms with van der Waals surface area (Å²) < 4.78 is 13.5. The van der Waals surface area contributed by atoms with Crippen molar-refractivity contribution in [2.75, 3.05) is 26.2 Å². The topological polar surface area (TPSA) is 52.2 Å². The summed E-state index contributed by atoms with van der Waals surface area (Å²) in [5.41, 5.74) is 2.33. The maximum Gasteiger partial charge on any atom is 0.274 e. The highest BCUT2D eigenvalue weighted by molar-refractivity contribution is 5.92. The number of hydrogen-bond acceptors (Lipinski definition) is 3. The molecule has 3 rings (SSSR count). The molecule has 5 nitrogen and oxygen atoms in total. The Kier molecular flexibility index (Phi) is 5.14. The van der Waals surface area contributed by atoms with Crippen molar-refractivity contribution in [1.29, 1.82) is 0 Å². The van der Waals surface area contributed by atoms with Gasteiger partial charge in [-0.05, 0) is 30.7 Å². The molecule has 1 aliphatic heterocycles. The van der Waals surface area contributed by atoms with Gasteiger partial charge >= 0.3 is 0 Å². The quantitative estimate of drug-likeness (QED) is 0.915. The van der Waals surface area contributed by atoms with Crippen LogP contribution in [0.15, 0.2) is 30.3 Å². The van der Waals surface area contributed by atoms with E-state index >= 15 is 0 Å². The van der Waals surface area contributed by atoms with E-state index in [1.165, 1.54) is 6.07 Å². The number of rotatable bonds is 3. The summed E-state index contributed by atoms with van der Waals surface area (Å²) >= 11 is 0. The first kappa shape index (κ1) is 18.6. The van der Waals surface area contributed by atoms with Gasteiger partial charge in [-0.1, -0.05) is 32.9 Å². The molecule has 0 aliphatic carbocycles. The first-order valence-corrected chi connectivity index (χ1v) is 9.10. The monoisotopic (exact) mass is 358 g/mol. The number of piperazine rings is 1. The smallest absolute Gasteiger partial charge is 0.274 e. The third-order valence-electron chi connectivity index (χ3n) is 5.09. The fourth-order valence-corrected chi connectivity index (χ4v) is 3.27. The Hall–Kier alpha value is -2.21. The Bertz CT molecular complexity index is 772. The summed E-state index contributed by atoms with van der Waals surface area (Å²) in [7, 11) is 0. The minimum Gasteiger partial charge on any atom is -0.335 e. The van der Waals surface area contributed by atoms with Gasteiger partial charge in [-0.15, -0.1) is 0 Å². The summed E-state index contributed by atoms with van der Waals surface area (Å²) in [5.74, 6) is -0.244. The average molecular weight is 358 g/mol. The summed E-state index contributed by atoms with van der Waals surface area (Å²) in [6.07, 6.45) is 0. The molecular weight excluding hydrogens is 331 g/mol. The van der Waals surface area contributed by atoms with Crippen LogP contribution in [0.5, 0.6) is 0 Å². The van der Waals surface area contributed by atoms with Gasteiger partial charge < -0.3 is 4.90 Å². The van der Waals surface area contributed by atoms with Crippen molar-refractivity contribution >= 4 is 5.91 Å². The minimum absolute atomic E-state index is 0.0326. The zero-order valence-corrected chi connectivity index (χ0v) is 15.9. The number of benzene rings is 1. The molecule has 1 fully saturated rings. The standard InChI is InChI=1S/C20H27FN4O/c1-14(15-6-5-7-16(21)12-15)24-8-10-25(11-9-24)19(26)17-13-18(23-22-17)20(2,3)4/h5-7,12-14H,8-11H2,1-4H3,(H,22,23)/t14-/m1/s1. The van der Waals surface area contributed by atoms with Crippen molar-refractivity contribution in [2.45, 2.75) is 39.2 Å². The Morgan fingerprint density at radius 3 is 2.46 bits per heavy atom. The van der Waals surface area contributed by atoms with Gasteiger partial charge in [0.05, 0.1) is 0 Å². The van der Waals surface area contributed by atoms with Crippen molar-refractivity contribution in [3.63, 3.8) is 0 Å². The van der Waals surface area contributed by atoms with Gasteiger partial charge in [-0.2, -0.15) is 5.10 Å². The van der Waals surface area contributed by atoms with E-state index < -0.39 is 0 Å². The Labute approximate surface area is 154 Å². The molecule has 1 amide bonds. The Morgan fingerprint density at radius 1 is 1.19 bits per heavy atom. The predicted molar refractivity (Wildman–Crippen MR) is 99.6 cm³/mol. The van der Waals surface area contributed by atoms with Gasteiger partial charge in [0.25, 0.3) is 5.91 Å². The largest absolute Gasteiger partial charge is 0.335 e. The van der Waals surface area contributed by atoms with Gasteiger partial charge in [0.15, 0.2) is 0 Å². The molecular formula is C20H27FN4O. The second-order valence-electron chi connectivity index (χ2n) is 7.98. The molecule has 2 heterocycles. The molecule has 0 unspecified atom stereocenters. The molecule has 1 saturated heterocycles. The van der Waals surface area contributed by atoms with Crippen LogP contribution in [0.3, 0.4) is 0 Å². The Morgan fingerprint density at radius 2 is 1.88 bits per heavy atom. The SMILES string of the molecule is C[C@H](c1cccc(F)c1)N1CCN(C(=O)c2cc(C(C)(C)C)[nH]n2)CC1. The van der Waals surface area contributed by atoms with Crippen LogP contribution in [-0.4, -0.2) is 52.1 Å². The molecule has 1 atom stereocenters. The molecule has 0 radical (unpaired) electrons. The van der Waals surface area contributed by atoms with E-state index in [9.17, 15) is 9.18 Å². The summed E-state index contributed by atoms with van der Waals surface area (Å²) in [5, 5.41) is 7.17. The van der Waals surface area contributed by atoms with Crippen LogP contribution in [-0.2, 0) is 5.41 Å². The molecule has 140 valence electrons. The van der Waals surface area contributed by atoms with Gasteiger partial charge in [0.1, 0.15) is 11.5 Å². The minimum atomic E-state index is -0.212. The molecule has 0 bridgehead atoms. The maximum absolute atomic E-state index is 13.5. The summed E-state index contributed by atoms with van der Waals surface area (Å²) in [4.78, 5) is 16.8. The van der Waals surface area contributed by atoms with E-state index in [0.717, 1.165) is 24.3 Å². The van der Waals surface area contributed by atoms with Crippen molar-refractivity contribution in [1.82, 2.24) is 20.0 Å². The fourth-order valence-electron chi connectivity index (χ4n) is 3.27. The highest BCUT2D eigenvalue weighted by Crippen LogP contribution is 2.24. The average Bonchev–Trinajstić information content (AvgIpc) is 3.11. The lowest BCUT2D eigenvalue weighted by Crippen LogP contribution is -2.49. The number of amides is 1. The predicted octanol–water partition coefficient (Wildman–Crippen LogP) is 3.37. The van der Waals surface area contributed by atoms with Crippen LogP contribution in [0.1, 0.15) is 55.5 Å². The molecule has 1 aromatic carbocycles. The molecule has 1 aromatic heterocycles. The van der Waals surface area contributed by atoms with E-state index in [1.807, 2.05) is 17.0 Å². The number of aromatic amines is 1. The van der Waals surface area contributed by atoms with Gasteiger partial charge in [0.2, 0.25) is 0 Å². The van der Waals surface area contributed by atoms with Crippen molar-refractivity contribution in [2.24, 2.45) is 0 Å². The second kappa shape index (κ2) is 7.19. The lowest BCUT2D eigenvalue weighted by atomic mass is 9.92. The van der Waals surface area contributed by atoms with Crippen molar-refractivity contribution < 1.29 is 9.18 Å². The molecule has 6 heteroatoms. The highest BCUT2D eigenvalue weighted by Gasteiger charge is 2.27. The van der Waals surface area contributed by atoms with Crippen LogP contribution in [0.25, 0.3) is 0 Å². The van der Waals surface area contributed by atoms with E-state index in [-0.39, 0.29) is 23.2 Å². The number of carbonyl (C=O) groups excluding carboxylic acids is 1. The maximum atomic E-state index is 13.5. The number of hydrogen-bond donors (Lipinski definition) is 1. The number of aromatic nitrogens is 2. The molecule has 1 aliphatic rings. The van der Waals surface area contributed by atoms with Crippen LogP contribution in [0.4, 0.5) is 4.39 Å². The molecule has 2 aromatic rings. The lowest BCUT2D eigenvalue weighted by molar-refractivity contribution is 0.0576. The molecule has 26 heavy (non-hydrogen) atoms. The number of nitrogens with zero attached hydrogens (tertiary/aromatic N) is 3. The normalized spacial score (nSPS) is 17.3. The van der Waals surface area contributed by atoms with Gasteiger partial charge in [0, 0.05) is 43.3 Å². The van der Waals surface area contributed by atoms with Crippen molar-refractivity contribution in [3.05, 3.63) is 53.1 Å². The number of carbonyl (C=O) groups is 1. The highest BCUT2D eigenvalue weighted by atomic mass is 19.1. The number of halogens is 1. The Balaban J connectivity index is 1.61. The zero-order valence-electron chi connectivity index (χ0n) is 15.9. The van der Waals surface area contributed by atoms with Crippen LogP contribution >= 0.6 is 0 Å². The molecule has 0 saturated carbocycles. The van der Waals surface area contributed by atoms with Crippen LogP contribution in [0, 0.1) is 5.82 Å². The fraction of sp³-hybridized carbons (Fsp3) is 0.500. The summed E-state index contributed by atoms with van der Waals surface area (Å²) in [6, 6.07) is 8.71.